The van der Waals surface area contributed by atoms with Gasteiger partial charge in [0.2, 0.25) is 0 Å². The van der Waals surface area contributed by atoms with Crippen LogP contribution < -0.4 is 5.56 Å². The van der Waals surface area contributed by atoms with Gasteiger partial charge in [0.15, 0.2) is 5.82 Å². The van der Waals surface area contributed by atoms with Crippen LogP contribution in [-0.2, 0) is 0 Å². The molecule has 0 aliphatic heterocycles. The molecule has 0 unspecified atom stereocenters. The number of rotatable bonds is 2. The topological polar surface area (TPSA) is 50.7 Å². The molecule has 3 rings (SSSR count). The summed E-state index contributed by atoms with van der Waals surface area (Å²) in [4.78, 5) is 16.2. The lowest BCUT2D eigenvalue weighted by atomic mass is 10.2. The van der Waals surface area contributed by atoms with Crippen molar-refractivity contribution < 1.29 is 0 Å². The van der Waals surface area contributed by atoms with Crippen molar-refractivity contribution >= 4 is 0 Å². The summed E-state index contributed by atoms with van der Waals surface area (Å²) in [7, 11) is 0. The van der Waals surface area contributed by atoms with Gasteiger partial charge < -0.3 is 0 Å². The van der Waals surface area contributed by atoms with E-state index in [1.807, 2.05) is 49.4 Å². The summed E-state index contributed by atoms with van der Waals surface area (Å²) in [6.07, 6.45) is 1.74. The van der Waals surface area contributed by atoms with Crippen molar-refractivity contribution in [3.63, 3.8) is 0 Å². The Hall–Kier alpha value is -2.62. The zero-order valence-corrected chi connectivity index (χ0v) is 10.5. The molecule has 0 aliphatic rings. The van der Waals surface area contributed by atoms with E-state index in [0.717, 1.165) is 16.8 Å². The third-order valence-electron chi connectivity index (χ3n) is 2.93. The zero-order chi connectivity index (χ0) is 13.2. The van der Waals surface area contributed by atoms with Crippen LogP contribution in [0.3, 0.4) is 0 Å². The number of aromatic nitrogens is 3. The predicted molar refractivity (Wildman–Crippen MR) is 74.4 cm³/mol. The molecule has 0 saturated carbocycles. The Morgan fingerprint density at radius 2 is 1.89 bits per heavy atom. The van der Waals surface area contributed by atoms with E-state index in [1.54, 1.807) is 12.3 Å². The van der Waals surface area contributed by atoms with E-state index >= 15 is 0 Å². The van der Waals surface area contributed by atoms with Crippen LogP contribution in [-0.4, -0.2) is 14.8 Å². The molecule has 2 aromatic heterocycles. The molecule has 19 heavy (non-hydrogen) atoms. The summed E-state index contributed by atoms with van der Waals surface area (Å²) in [5.41, 5.74) is 2.71. The first kappa shape index (κ1) is 11.5. The van der Waals surface area contributed by atoms with Gasteiger partial charge in [0.05, 0.1) is 5.69 Å². The van der Waals surface area contributed by atoms with Crippen molar-refractivity contribution in [2.45, 2.75) is 6.92 Å². The molecule has 0 bridgehead atoms. The van der Waals surface area contributed by atoms with Crippen LogP contribution in [0.1, 0.15) is 5.56 Å². The minimum atomic E-state index is -0.116. The lowest BCUT2D eigenvalue weighted by Crippen LogP contribution is -2.14. The molecule has 0 aliphatic carbocycles. The molecule has 1 aromatic carbocycles. The summed E-state index contributed by atoms with van der Waals surface area (Å²) in [6.45, 7) is 1.96. The average molecular weight is 251 g/mol. The van der Waals surface area contributed by atoms with Crippen molar-refractivity contribution in [3.8, 4) is 17.1 Å². The Kier molecular flexibility index (Phi) is 2.76. The fraction of sp³-hybridized carbons (Fsp3) is 0.0667. The van der Waals surface area contributed by atoms with Gasteiger partial charge in [-0.05, 0) is 24.1 Å². The molecule has 0 radical (unpaired) electrons. The highest BCUT2D eigenvalue weighted by Crippen LogP contribution is 2.15. The van der Waals surface area contributed by atoms with Crippen molar-refractivity contribution in [3.05, 3.63) is 70.6 Å². The van der Waals surface area contributed by atoms with Crippen LogP contribution in [0.4, 0.5) is 0 Å². The third-order valence-corrected chi connectivity index (χ3v) is 2.93. The summed E-state index contributed by atoms with van der Waals surface area (Å²) >= 11 is 0. The van der Waals surface area contributed by atoms with E-state index in [2.05, 4.69) is 10.1 Å². The zero-order valence-electron chi connectivity index (χ0n) is 10.5. The summed E-state index contributed by atoms with van der Waals surface area (Å²) in [5.74, 6) is 0.595. The van der Waals surface area contributed by atoms with Gasteiger partial charge in [0.25, 0.3) is 5.56 Å². The Labute approximate surface area is 110 Å². The minimum Gasteiger partial charge on any atom is -0.289 e. The van der Waals surface area contributed by atoms with Crippen LogP contribution in [0.5, 0.6) is 0 Å². The van der Waals surface area contributed by atoms with Gasteiger partial charge in [-0.1, -0.05) is 36.4 Å². The monoisotopic (exact) mass is 251 g/mol. The second kappa shape index (κ2) is 4.57. The number of pyridine rings is 1. The highest BCUT2D eigenvalue weighted by Gasteiger charge is 2.07. The molecule has 2 heterocycles. The molecule has 0 amide bonds. The average Bonchev–Trinajstić information content (AvgIpc) is 2.83. The summed E-state index contributed by atoms with van der Waals surface area (Å²) in [6, 6.07) is 15.1. The summed E-state index contributed by atoms with van der Waals surface area (Å²) < 4.78 is 1.45. The molecule has 4 heteroatoms. The SMILES string of the molecule is Cc1ccc(-n2[nH]c(-c3ccccc3)cc2=O)nc1. The van der Waals surface area contributed by atoms with Gasteiger partial charge in [-0.25, -0.2) is 9.67 Å². The van der Waals surface area contributed by atoms with Crippen molar-refractivity contribution in [1.29, 1.82) is 0 Å². The Bertz CT molecular complexity index is 739. The first-order chi connectivity index (χ1) is 9.24. The highest BCUT2D eigenvalue weighted by molar-refractivity contribution is 5.58. The van der Waals surface area contributed by atoms with Crippen LogP contribution in [0.15, 0.2) is 59.5 Å². The van der Waals surface area contributed by atoms with E-state index in [9.17, 15) is 4.79 Å². The van der Waals surface area contributed by atoms with Crippen LogP contribution >= 0.6 is 0 Å². The van der Waals surface area contributed by atoms with Crippen LogP contribution in [0.2, 0.25) is 0 Å². The lowest BCUT2D eigenvalue weighted by Gasteiger charge is -2.01. The van der Waals surface area contributed by atoms with Gasteiger partial charge in [-0.2, -0.15) is 0 Å². The number of aryl methyl sites for hydroxylation is 1. The number of H-pyrrole nitrogens is 1. The number of hydrogen-bond donors (Lipinski definition) is 1. The smallest absolute Gasteiger partial charge is 0.273 e. The number of nitrogens with one attached hydrogen (secondary N) is 1. The van der Waals surface area contributed by atoms with Gasteiger partial charge in [-0.3, -0.25) is 9.89 Å². The first-order valence-electron chi connectivity index (χ1n) is 6.04. The standard InChI is InChI=1S/C15H13N3O/c1-11-7-8-14(16-10-11)18-15(19)9-13(17-18)12-5-3-2-4-6-12/h2-10,17H,1H3. The molecule has 1 N–H and O–H groups in total. The molecular formula is C15H13N3O. The van der Waals surface area contributed by atoms with E-state index < -0.39 is 0 Å². The maximum Gasteiger partial charge on any atom is 0.273 e. The quantitative estimate of drug-likeness (QED) is 0.761. The molecule has 4 nitrogen and oxygen atoms in total. The fourth-order valence-corrected chi connectivity index (χ4v) is 1.92. The molecule has 0 spiro atoms. The first-order valence-corrected chi connectivity index (χ1v) is 6.04. The highest BCUT2D eigenvalue weighted by atomic mass is 16.1. The Morgan fingerprint density at radius 3 is 2.58 bits per heavy atom. The maximum absolute atomic E-state index is 12.0. The van der Waals surface area contributed by atoms with E-state index in [0.29, 0.717) is 5.82 Å². The Morgan fingerprint density at radius 1 is 1.11 bits per heavy atom. The van der Waals surface area contributed by atoms with E-state index in [-0.39, 0.29) is 5.56 Å². The van der Waals surface area contributed by atoms with Gasteiger partial charge >= 0.3 is 0 Å². The second-order valence-corrected chi connectivity index (χ2v) is 4.40. The minimum absolute atomic E-state index is 0.116. The molecular weight excluding hydrogens is 238 g/mol. The number of hydrogen-bond acceptors (Lipinski definition) is 2. The van der Waals surface area contributed by atoms with Gasteiger partial charge in [0, 0.05) is 12.3 Å². The van der Waals surface area contributed by atoms with E-state index in [4.69, 9.17) is 0 Å². The van der Waals surface area contributed by atoms with Crippen molar-refractivity contribution in [1.82, 2.24) is 14.8 Å². The molecule has 94 valence electrons. The van der Waals surface area contributed by atoms with Crippen molar-refractivity contribution in [2.75, 3.05) is 0 Å². The normalized spacial score (nSPS) is 10.6. The lowest BCUT2D eigenvalue weighted by molar-refractivity contribution is 0.820. The molecule has 3 aromatic rings. The van der Waals surface area contributed by atoms with E-state index in [1.165, 1.54) is 4.68 Å². The summed E-state index contributed by atoms with van der Waals surface area (Å²) in [5, 5.41) is 3.08. The largest absolute Gasteiger partial charge is 0.289 e. The van der Waals surface area contributed by atoms with Crippen LogP contribution in [0.25, 0.3) is 17.1 Å². The maximum atomic E-state index is 12.0. The Balaban J connectivity index is 2.08. The predicted octanol–water partition coefficient (Wildman–Crippen LogP) is 2.54. The van der Waals surface area contributed by atoms with Gasteiger partial charge in [-0.15, -0.1) is 0 Å². The second-order valence-electron chi connectivity index (χ2n) is 4.40. The fourth-order valence-electron chi connectivity index (χ4n) is 1.92. The molecule has 0 atom stereocenters. The number of benzene rings is 1. The van der Waals surface area contributed by atoms with Crippen molar-refractivity contribution in [2.24, 2.45) is 0 Å². The molecule has 0 saturated heterocycles. The number of aromatic amines is 1. The molecule has 0 fully saturated rings. The van der Waals surface area contributed by atoms with Gasteiger partial charge in [0.1, 0.15) is 0 Å². The number of nitrogens with zero attached hydrogens (tertiary/aromatic N) is 2. The van der Waals surface area contributed by atoms with Crippen LogP contribution in [0, 0.1) is 6.92 Å². The third kappa shape index (κ3) is 2.20.